The molecule has 0 aliphatic carbocycles. The monoisotopic (exact) mass is 480 g/mol. The first kappa shape index (κ1) is 21.3. The van der Waals surface area contributed by atoms with Gasteiger partial charge in [-0.3, -0.25) is 4.99 Å². The summed E-state index contributed by atoms with van der Waals surface area (Å²) in [6, 6.07) is 16.9. The molecule has 0 radical (unpaired) electrons. The molecule has 6 heteroatoms. The highest BCUT2D eigenvalue weighted by Crippen LogP contribution is 2.27. The fourth-order valence-corrected chi connectivity index (χ4v) is 3.08. The molecule has 27 heavy (non-hydrogen) atoms. The average molecular weight is 480 g/mol. The van der Waals surface area contributed by atoms with Gasteiger partial charge in [0.15, 0.2) is 5.96 Å². The van der Waals surface area contributed by atoms with Crippen molar-refractivity contribution < 1.29 is 4.74 Å². The molecule has 1 aliphatic rings. The van der Waals surface area contributed by atoms with Crippen molar-refractivity contribution >= 4 is 35.6 Å². The minimum Gasteiger partial charge on any atom is -0.488 e. The highest BCUT2D eigenvalue weighted by molar-refractivity contribution is 14.0. The van der Waals surface area contributed by atoms with Crippen molar-refractivity contribution in [3.63, 3.8) is 0 Å². The zero-order chi connectivity index (χ0) is 18.4. The summed E-state index contributed by atoms with van der Waals surface area (Å²) in [4.78, 5) is 6.41. The highest BCUT2D eigenvalue weighted by Gasteiger charge is 2.22. The number of para-hydroxylation sites is 1. The maximum absolute atomic E-state index is 5.96. The maximum Gasteiger partial charge on any atom is 0.191 e. The minimum absolute atomic E-state index is 0. The van der Waals surface area contributed by atoms with Crippen LogP contribution in [0.15, 0.2) is 53.5 Å². The van der Waals surface area contributed by atoms with Crippen molar-refractivity contribution in [2.24, 2.45) is 4.99 Å². The van der Waals surface area contributed by atoms with E-state index in [0.29, 0.717) is 0 Å². The van der Waals surface area contributed by atoms with Crippen LogP contribution in [0.1, 0.15) is 11.1 Å². The quantitative estimate of drug-likeness (QED) is 0.379. The van der Waals surface area contributed by atoms with E-state index in [2.05, 4.69) is 71.0 Å². The standard InChI is InChI=1S/C21H28N4O.HI/c1-22-21(23-13-12-16-8-10-18(11-9-16)25(2)3)24-15-19-14-17-6-4-5-7-20(17)26-19;/h4-11,19H,12-15H2,1-3H3,(H2,22,23,24);1H. The van der Waals surface area contributed by atoms with E-state index in [1.54, 1.807) is 7.05 Å². The van der Waals surface area contributed by atoms with Crippen LogP contribution in [0, 0.1) is 0 Å². The Balaban J connectivity index is 0.00000261. The summed E-state index contributed by atoms with van der Waals surface area (Å²) in [7, 11) is 5.91. The number of aliphatic imine (C=N–C) groups is 1. The second kappa shape index (κ2) is 10.4. The molecule has 1 aliphatic heterocycles. The number of ether oxygens (including phenoxy) is 1. The van der Waals surface area contributed by atoms with Gasteiger partial charge in [-0.25, -0.2) is 0 Å². The van der Waals surface area contributed by atoms with Crippen molar-refractivity contribution in [3.05, 3.63) is 59.7 Å². The summed E-state index contributed by atoms with van der Waals surface area (Å²) < 4.78 is 5.96. The van der Waals surface area contributed by atoms with Gasteiger partial charge in [-0.15, -0.1) is 24.0 Å². The molecular weight excluding hydrogens is 451 g/mol. The Labute approximate surface area is 179 Å². The molecule has 3 rings (SSSR count). The van der Waals surface area contributed by atoms with Crippen LogP contribution >= 0.6 is 24.0 Å². The van der Waals surface area contributed by atoms with Gasteiger partial charge in [-0.2, -0.15) is 0 Å². The highest BCUT2D eigenvalue weighted by atomic mass is 127. The van der Waals surface area contributed by atoms with Crippen LogP contribution < -0.4 is 20.3 Å². The van der Waals surface area contributed by atoms with Gasteiger partial charge in [-0.1, -0.05) is 30.3 Å². The Morgan fingerprint density at radius 1 is 1.11 bits per heavy atom. The van der Waals surface area contributed by atoms with Gasteiger partial charge >= 0.3 is 0 Å². The normalized spacial score (nSPS) is 15.4. The van der Waals surface area contributed by atoms with Crippen molar-refractivity contribution in [1.82, 2.24) is 10.6 Å². The number of anilines is 1. The summed E-state index contributed by atoms with van der Waals surface area (Å²) in [6.07, 6.45) is 2.06. The second-order valence-electron chi connectivity index (χ2n) is 6.74. The van der Waals surface area contributed by atoms with Crippen molar-refractivity contribution in [1.29, 1.82) is 0 Å². The van der Waals surface area contributed by atoms with E-state index in [9.17, 15) is 0 Å². The van der Waals surface area contributed by atoms with Crippen molar-refractivity contribution in [2.75, 3.05) is 39.1 Å². The number of hydrogen-bond donors (Lipinski definition) is 2. The molecule has 1 heterocycles. The molecule has 146 valence electrons. The van der Waals surface area contributed by atoms with Crippen LogP contribution in [-0.2, 0) is 12.8 Å². The Bertz CT molecular complexity index is 721. The number of nitrogens with one attached hydrogen (secondary N) is 2. The summed E-state index contributed by atoms with van der Waals surface area (Å²) >= 11 is 0. The van der Waals surface area contributed by atoms with E-state index in [4.69, 9.17) is 4.74 Å². The molecule has 2 N–H and O–H groups in total. The third kappa shape index (κ3) is 6.02. The molecule has 2 aromatic rings. The SMILES string of the molecule is CN=C(NCCc1ccc(N(C)C)cc1)NCC1Cc2ccccc2O1.I. The molecule has 0 fully saturated rings. The Kier molecular flexibility index (Phi) is 8.22. The van der Waals surface area contributed by atoms with E-state index in [1.807, 2.05) is 12.1 Å². The fraction of sp³-hybridized carbons (Fsp3) is 0.381. The Morgan fingerprint density at radius 3 is 2.52 bits per heavy atom. The predicted octanol–water partition coefficient (Wildman–Crippen LogP) is 3.08. The van der Waals surface area contributed by atoms with Gasteiger partial charge in [0, 0.05) is 39.8 Å². The van der Waals surface area contributed by atoms with E-state index in [0.717, 1.165) is 37.6 Å². The molecule has 2 aromatic carbocycles. The lowest BCUT2D eigenvalue weighted by molar-refractivity contribution is 0.235. The Hall–Kier alpha value is -1.96. The van der Waals surface area contributed by atoms with Gasteiger partial charge < -0.3 is 20.3 Å². The number of halogens is 1. The molecule has 0 saturated heterocycles. The molecule has 1 unspecified atom stereocenters. The third-order valence-electron chi connectivity index (χ3n) is 4.59. The zero-order valence-electron chi connectivity index (χ0n) is 16.2. The molecule has 0 bridgehead atoms. The maximum atomic E-state index is 5.96. The largest absolute Gasteiger partial charge is 0.488 e. The number of rotatable bonds is 6. The summed E-state index contributed by atoms with van der Waals surface area (Å²) in [5.74, 6) is 1.82. The molecule has 0 aromatic heterocycles. The van der Waals surface area contributed by atoms with Crippen LogP contribution in [0.4, 0.5) is 5.69 Å². The lowest BCUT2D eigenvalue weighted by Gasteiger charge is -2.16. The van der Waals surface area contributed by atoms with Crippen LogP contribution in [0.3, 0.4) is 0 Å². The minimum atomic E-state index is 0. The van der Waals surface area contributed by atoms with Gasteiger partial charge in [-0.05, 0) is 35.7 Å². The number of benzene rings is 2. The average Bonchev–Trinajstić information content (AvgIpc) is 3.07. The van der Waals surface area contributed by atoms with Crippen LogP contribution in [0.5, 0.6) is 5.75 Å². The van der Waals surface area contributed by atoms with Gasteiger partial charge in [0.25, 0.3) is 0 Å². The molecule has 5 nitrogen and oxygen atoms in total. The molecule has 0 saturated carbocycles. The van der Waals surface area contributed by atoms with Gasteiger partial charge in [0.1, 0.15) is 11.9 Å². The Morgan fingerprint density at radius 2 is 1.85 bits per heavy atom. The van der Waals surface area contributed by atoms with Crippen LogP contribution in [0.2, 0.25) is 0 Å². The lowest BCUT2D eigenvalue weighted by atomic mass is 10.1. The first-order valence-electron chi connectivity index (χ1n) is 9.11. The fourth-order valence-electron chi connectivity index (χ4n) is 3.08. The summed E-state index contributed by atoms with van der Waals surface area (Å²) in [5.41, 5.74) is 3.81. The molecule has 0 amide bonds. The molecule has 1 atom stereocenters. The van der Waals surface area contributed by atoms with Crippen molar-refractivity contribution in [2.45, 2.75) is 18.9 Å². The van der Waals surface area contributed by atoms with Crippen molar-refractivity contribution in [3.8, 4) is 5.75 Å². The first-order valence-corrected chi connectivity index (χ1v) is 9.11. The van der Waals surface area contributed by atoms with E-state index >= 15 is 0 Å². The number of nitrogens with zero attached hydrogens (tertiary/aromatic N) is 2. The number of hydrogen-bond acceptors (Lipinski definition) is 3. The topological polar surface area (TPSA) is 48.9 Å². The number of fused-ring (bicyclic) bond motifs is 1. The van der Waals surface area contributed by atoms with E-state index in [1.165, 1.54) is 16.8 Å². The first-order chi connectivity index (χ1) is 12.7. The van der Waals surface area contributed by atoms with E-state index in [-0.39, 0.29) is 30.1 Å². The molecule has 0 spiro atoms. The van der Waals surface area contributed by atoms with Crippen LogP contribution in [0.25, 0.3) is 0 Å². The van der Waals surface area contributed by atoms with Gasteiger partial charge in [0.05, 0.1) is 6.54 Å². The zero-order valence-corrected chi connectivity index (χ0v) is 18.6. The number of guanidine groups is 1. The summed E-state index contributed by atoms with van der Waals surface area (Å²) in [6.45, 7) is 1.58. The predicted molar refractivity (Wildman–Crippen MR) is 124 cm³/mol. The molecular formula is C21H29IN4O. The summed E-state index contributed by atoms with van der Waals surface area (Å²) in [5, 5.41) is 6.74. The smallest absolute Gasteiger partial charge is 0.191 e. The lowest BCUT2D eigenvalue weighted by Crippen LogP contribution is -2.42. The third-order valence-corrected chi connectivity index (χ3v) is 4.59. The van der Waals surface area contributed by atoms with Crippen LogP contribution in [-0.4, -0.2) is 46.3 Å². The second-order valence-corrected chi connectivity index (χ2v) is 6.74. The van der Waals surface area contributed by atoms with E-state index < -0.39 is 0 Å². The van der Waals surface area contributed by atoms with Gasteiger partial charge in [0.2, 0.25) is 0 Å².